The molecule has 0 fully saturated rings. The normalized spacial score (nSPS) is 11.7. The van der Waals surface area contributed by atoms with E-state index in [0.717, 1.165) is 33.2 Å². The molecule has 0 radical (unpaired) electrons. The summed E-state index contributed by atoms with van der Waals surface area (Å²) < 4.78 is 0. The Hall–Kier alpha value is -2.66. The van der Waals surface area contributed by atoms with Crippen molar-refractivity contribution in [3.05, 3.63) is 60.2 Å². The average molecular weight is 263 g/mol. The molecule has 0 saturated heterocycles. The Morgan fingerprint density at radius 1 is 0.800 bits per heavy atom. The monoisotopic (exact) mass is 263 g/mol. The second kappa shape index (κ2) is 4.18. The molecule has 0 amide bonds. The highest BCUT2D eigenvalue weighted by Gasteiger charge is 2.11. The third-order valence-electron chi connectivity index (χ3n) is 3.61. The molecule has 2 aromatic carbocycles. The van der Waals surface area contributed by atoms with Crippen molar-refractivity contribution in [1.29, 1.82) is 0 Å². The summed E-state index contributed by atoms with van der Waals surface area (Å²) in [5.41, 5.74) is 12.4. The molecule has 0 unspecified atom stereocenters. The summed E-state index contributed by atoms with van der Waals surface area (Å²) in [5, 5.41) is 0. The second-order valence-corrected chi connectivity index (χ2v) is 4.84. The molecule has 0 saturated carbocycles. The van der Waals surface area contributed by atoms with Crippen LogP contribution in [0.15, 0.2) is 49.1 Å². The van der Waals surface area contributed by atoms with Crippen LogP contribution in [-0.4, -0.2) is 19.9 Å². The number of nitrogens with two attached hydrogens (primary N) is 1. The van der Waals surface area contributed by atoms with Crippen molar-refractivity contribution in [3.63, 3.8) is 0 Å². The molecular formula is C15H13N5. The summed E-state index contributed by atoms with van der Waals surface area (Å²) >= 11 is 0. The first-order valence-electron chi connectivity index (χ1n) is 6.43. The lowest BCUT2D eigenvalue weighted by Crippen LogP contribution is -2.11. The number of hydrogen-bond donors (Lipinski definition) is 3. The van der Waals surface area contributed by atoms with Gasteiger partial charge >= 0.3 is 0 Å². The molecule has 98 valence electrons. The van der Waals surface area contributed by atoms with Crippen LogP contribution in [0.3, 0.4) is 0 Å². The number of imidazole rings is 2. The summed E-state index contributed by atoms with van der Waals surface area (Å²) in [6, 6.07) is 11.9. The topological polar surface area (TPSA) is 83.4 Å². The maximum Gasteiger partial charge on any atom is 0.0931 e. The van der Waals surface area contributed by atoms with E-state index in [2.05, 4.69) is 19.9 Å². The van der Waals surface area contributed by atoms with Gasteiger partial charge < -0.3 is 15.7 Å². The van der Waals surface area contributed by atoms with E-state index in [0.29, 0.717) is 0 Å². The minimum Gasteiger partial charge on any atom is -0.345 e. The Bertz CT molecular complexity index is 815. The molecule has 20 heavy (non-hydrogen) atoms. The van der Waals surface area contributed by atoms with Crippen molar-refractivity contribution in [2.45, 2.75) is 6.04 Å². The molecule has 0 atom stereocenters. The van der Waals surface area contributed by atoms with Crippen molar-refractivity contribution in [3.8, 4) is 0 Å². The van der Waals surface area contributed by atoms with E-state index in [1.807, 2.05) is 36.4 Å². The fraction of sp³-hybridized carbons (Fsp3) is 0.0667. The highest BCUT2D eigenvalue weighted by Crippen LogP contribution is 2.24. The van der Waals surface area contributed by atoms with Crippen LogP contribution in [0.25, 0.3) is 22.1 Å². The highest BCUT2D eigenvalue weighted by atomic mass is 14.9. The number of nitrogens with zero attached hydrogens (tertiary/aromatic N) is 2. The van der Waals surface area contributed by atoms with Gasteiger partial charge in [-0.2, -0.15) is 0 Å². The predicted molar refractivity (Wildman–Crippen MR) is 78.2 cm³/mol. The first kappa shape index (κ1) is 11.2. The zero-order valence-corrected chi connectivity index (χ0v) is 10.7. The van der Waals surface area contributed by atoms with Crippen molar-refractivity contribution in [2.75, 3.05) is 0 Å². The quantitative estimate of drug-likeness (QED) is 0.519. The van der Waals surface area contributed by atoms with Crippen LogP contribution in [0.2, 0.25) is 0 Å². The van der Waals surface area contributed by atoms with Crippen molar-refractivity contribution in [1.82, 2.24) is 19.9 Å². The van der Waals surface area contributed by atoms with Crippen LogP contribution in [-0.2, 0) is 0 Å². The highest BCUT2D eigenvalue weighted by molar-refractivity contribution is 5.77. The number of benzene rings is 2. The first-order chi connectivity index (χ1) is 9.81. The summed E-state index contributed by atoms with van der Waals surface area (Å²) in [5.74, 6) is 0. The molecule has 0 aliphatic carbocycles. The number of aromatic amines is 2. The molecule has 2 aromatic heterocycles. The van der Waals surface area contributed by atoms with Gasteiger partial charge in [0.15, 0.2) is 0 Å². The van der Waals surface area contributed by atoms with E-state index in [1.165, 1.54) is 0 Å². The molecule has 4 rings (SSSR count). The Labute approximate surface area is 114 Å². The molecular weight excluding hydrogens is 250 g/mol. The Morgan fingerprint density at radius 2 is 1.30 bits per heavy atom. The molecule has 4 aromatic rings. The van der Waals surface area contributed by atoms with Crippen LogP contribution in [0, 0.1) is 0 Å². The van der Waals surface area contributed by atoms with E-state index in [-0.39, 0.29) is 6.04 Å². The van der Waals surface area contributed by atoms with E-state index >= 15 is 0 Å². The molecule has 5 heteroatoms. The number of H-pyrrole nitrogens is 2. The molecule has 0 bridgehead atoms. The third-order valence-corrected chi connectivity index (χ3v) is 3.61. The Kier molecular flexibility index (Phi) is 2.34. The van der Waals surface area contributed by atoms with Gasteiger partial charge in [-0.3, -0.25) is 0 Å². The maximum atomic E-state index is 6.37. The standard InChI is InChI=1S/C15H13N5/c16-15(9-1-3-11-13(5-9)19-7-17-11)10-2-4-12-14(6-10)20-8-18-12/h1-8,15H,16H2,(H,17,19)(H,18,20). The van der Waals surface area contributed by atoms with Crippen LogP contribution >= 0.6 is 0 Å². The minimum absolute atomic E-state index is 0.171. The van der Waals surface area contributed by atoms with E-state index in [1.54, 1.807) is 12.7 Å². The van der Waals surface area contributed by atoms with Crippen molar-refractivity contribution in [2.24, 2.45) is 5.73 Å². The molecule has 5 nitrogen and oxygen atoms in total. The summed E-state index contributed by atoms with van der Waals surface area (Å²) in [6.07, 6.45) is 3.38. The third kappa shape index (κ3) is 1.68. The number of fused-ring (bicyclic) bond motifs is 2. The molecule has 2 heterocycles. The van der Waals surface area contributed by atoms with Crippen molar-refractivity contribution >= 4 is 22.1 Å². The van der Waals surface area contributed by atoms with Gasteiger partial charge in [-0.05, 0) is 35.4 Å². The van der Waals surface area contributed by atoms with Gasteiger partial charge in [0.25, 0.3) is 0 Å². The van der Waals surface area contributed by atoms with Gasteiger partial charge in [0.1, 0.15) is 0 Å². The Morgan fingerprint density at radius 3 is 1.80 bits per heavy atom. The largest absolute Gasteiger partial charge is 0.345 e. The lowest BCUT2D eigenvalue weighted by Gasteiger charge is -2.12. The lowest BCUT2D eigenvalue weighted by molar-refractivity contribution is 0.874. The van der Waals surface area contributed by atoms with Gasteiger partial charge in [0.2, 0.25) is 0 Å². The van der Waals surface area contributed by atoms with Crippen LogP contribution < -0.4 is 5.73 Å². The number of nitrogens with one attached hydrogen (secondary N) is 2. The predicted octanol–water partition coefficient (Wildman–Crippen LogP) is 2.49. The fourth-order valence-corrected chi connectivity index (χ4v) is 2.49. The number of rotatable bonds is 2. The molecule has 0 aliphatic rings. The molecule has 4 N–H and O–H groups in total. The van der Waals surface area contributed by atoms with Gasteiger partial charge in [-0.15, -0.1) is 0 Å². The fourth-order valence-electron chi connectivity index (χ4n) is 2.49. The van der Waals surface area contributed by atoms with Gasteiger partial charge in [0.05, 0.1) is 40.8 Å². The minimum atomic E-state index is -0.171. The summed E-state index contributed by atoms with van der Waals surface area (Å²) in [4.78, 5) is 14.7. The van der Waals surface area contributed by atoms with Crippen LogP contribution in [0.4, 0.5) is 0 Å². The second-order valence-electron chi connectivity index (χ2n) is 4.84. The van der Waals surface area contributed by atoms with E-state index in [4.69, 9.17) is 5.73 Å². The van der Waals surface area contributed by atoms with Gasteiger partial charge in [-0.1, -0.05) is 12.1 Å². The zero-order chi connectivity index (χ0) is 13.5. The summed E-state index contributed by atoms with van der Waals surface area (Å²) in [6.45, 7) is 0. The first-order valence-corrected chi connectivity index (χ1v) is 6.43. The van der Waals surface area contributed by atoms with E-state index in [9.17, 15) is 0 Å². The van der Waals surface area contributed by atoms with E-state index < -0.39 is 0 Å². The smallest absolute Gasteiger partial charge is 0.0931 e. The zero-order valence-electron chi connectivity index (χ0n) is 10.7. The lowest BCUT2D eigenvalue weighted by atomic mass is 9.99. The molecule has 0 aliphatic heterocycles. The average Bonchev–Trinajstić information content (AvgIpc) is 3.13. The summed E-state index contributed by atoms with van der Waals surface area (Å²) in [7, 11) is 0. The van der Waals surface area contributed by atoms with Crippen LogP contribution in [0.5, 0.6) is 0 Å². The van der Waals surface area contributed by atoms with Crippen LogP contribution in [0.1, 0.15) is 17.2 Å². The van der Waals surface area contributed by atoms with Gasteiger partial charge in [0, 0.05) is 0 Å². The SMILES string of the molecule is NC(c1ccc2nc[nH]c2c1)c1ccc2nc[nH]c2c1. The Balaban J connectivity index is 1.79. The number of hydrogen-bond acceptors (Lipinski definition) is 3. The van der Waals surface area contributed by atoms with Gasteiger partial charge in [-0.25, -0.2) is 9.97 Å². The number of aromatic nitrogens is 4. The molecule has 0 spiro atoms. The maximum absolute atomic E-state index is 6.37. The van der Waals surface area contributed by atoms with Crippen molar-refractivity contribution < 1.29 is 0 Å².